The summed E-state index contributed by atoms with van der Waals surface area (Å²) in [7, 11) is 2.88. The third-order valence-corrected chi connectivity index (χ3v) is 6.71. The molecule has 37 heavy (non-hydrogen) atoms. The van der Waals surface area contributed by atoms with E-state index in [1.165, 1.54) is 26.4 Å². The highest BCUT2D eigenvalue weighted by Gasteiger charge is 2.44. The fourth-order valence-corrected chi connectivity index (χ4v) is 4.47. The molecule has 0 radical (unpaired) electrons. The molecule has 7 N–H and O–H groups in total. The Labute approximate surface area is 215 Å². The molecule has 7 atom stereocenters. The lowest BCUT2D eigenvalue weighted by atomic mass is 9.83. The number of methoxy groups -OCH3 is 2. The molecule has 1 heterocycles. The lowest BCUT2D eigenvalue weighted by molar-refractivity contribution is -0.304. The first-order chi connectivity index (χ1) is 17.7. The average molecular weight is 525 g/mol. The van der Waals surface area contributed by atoms with Gasteiger partial charge in [0.1, 0.15) is 24.4 Å². The van der Waals surface area contributed by atoms with Crippen LogP contribution in [0.1, 0.15) is 11.1 Å². The zero-order valence-corrected chi connectivity index (χ0v) is 20.8. The van der Waals surface area contributed by atoms with E-state index in [0.29, 0.717) is 18.6 Å². The van der Waals surface area contributed by atoms with Gasteiger partial charge in [-0.2, -0.15) is 0 Å². The first-order valence-corrected chi connectivity index (χ1v) is 12.0. The maximum absolute atomic E-state index is 10.4. The summed E-state index contributed by atoms with van der Waals surface area (Å²) >= 11 is 0. The molecular weight excluding hydrogens is 488 g/mol. The molecule has 0 aromatic heterocycles. The van der Waals surface area contributed by atoms with Crippen LogP contribution in [0.3, 0.4) is 0 Å². The van der Waals surface area contributed by atoms with Crippen molar-refractivity contribution in [1.82, 2.24) is 0 Å². The lowest BCUT2D eigenvalue weighted by Gasteiger charge is -2.40. The number of benzene rings is 2. The highest BCUT2D eigenvalue weighted by molar-refractivity contribution is 5.43. The number of aliphatic hydroxyl groups is 5. The van der Waals surface area contributed by atoms with Gasteiger partial charge in [-0.15, -0.1) is 0 Å². The summed E-state index contributed by atoms with van der Waals surface area (Å²) in [5, 5.41) is 70.1. The summed E-state index contributed by atoms with van der Waals surface area (Å²) in [4.78, 5) is 0. The number of aromatic hydroxyl groups is 2. The topological polar surface area (TPSA) is 179 Å². The van der Waals surface area contributed by atoms with Crippen molar-refractivity contribution < 1.29 is 54.7 Å². The molecule has 1 aliphatic heterocycles. The van der Waals surface area contributed by atoms with Crippen molar-refractivity contribution in [1.29, 1.82) is 0 Å². The first-order valence-electron chi connectivity index (χ1n) is 12.0. The second kappa shape index (κ2) is 13.2. The van der Waals surface area contributed by atoms with Crippen LogP contribution in [0.5, 0.6) is 23.0 Å². The van der Waals surface area contributed by atoms with Crippen molar-refractivity contribution in [2.75, 3.05) is 34.0 Å². The van der Waals surface area contributed by atoms with Gasteiger partial charge in [-0.25, -0.2) is 0 Å². The third kappa shape index (κ3) is 7.02. The zero-order chi connectivity index (χ0) is 27.1. The van der Waals surface area contributed by atoms with E-state index >= 15 is 0 Å². The second-order valence-corrected chi connectivity index (χ2v) is 9.15. The number of phenols is 2. The van der Waals surface area contributed by atoms with E-state index in [1.807, 2.05) is 0 Å². The van der Waals surface area contributed by atoms with Crippen LogP contribution in [0, 0.1) is 11.8 Å². The molecule has 2 aromatic carbocycles. The van der Waals surface area contributed by atoms with Crippen LogP contribution in [0.15, 0.2) is 36.4 Å². The van der Waals surface area contributed by atoms with Crippen LogP contribution in [-0.2, 0) is 22.3 Å². The molecule has 1 saturated heterocycles. The fraction of sp³-hybridized carbons (Fsp3) is 0.538. The highest BCUT2D eigenvalue weighted by Crippen LogP contribution is 2.32. The van der Waals surface area contributed by atoms with E-state index in [0.717, 1.165) is 11.1 Å². The molecule has 0 saturated carbocycles. The Kier molecular flexibility index (Phi) is 10.4. The summed E-state index contributed by atoms with van der Waals surface area (Å²) in [6.07, 6.45) is -6.29. The SMILES string of the molecule is COc1cc(C[C@@H](CO)[C@H](CO[C@H]2O[C@@H](CO)[C@@H](O)[C@@H](O)[C@@H]2O)Cc2ccc(O)c(OC)c2)ccc1O. The zero-order valence-electron chi connectivity index (χ0n) is 20.8. The maximum Gasteiger partial charge on any atom is 0.186 e. The molecule has 3 rings (SSSR count). The standard InChI is InChI=1S/C26H36O11/c1-34-20-9-14(3-5-18(20)29)7-16(11-27)17(8-15-4-6-19(30)21(10-15)35-2)13-36-26-25(33)24(32)23(31)22(12-28)37-26/h3-6,9-10,16-17,22-33H,7-8,11-13H2,1-2H3/t16-,17-,22-,23+,24+,25-,26-/m0/s1. The number of rotatable bonds is 12. The summed E-state index contributed by atoms with van der Waals surface area (Å²) in [6.45, 7) is -0.822. The van der Waals surface area contributed by atoms with Crippen molar-refractivity contribution in [3.63, 3.8) is 0 Å². The minimum atomic E-state index is -1.58. The molecule has 0 spiro atoms. The van der Waals surface area contributed by atoms with Gasteiger partial charge in [0.2, 0.25) is 0 Å². The van der Waals surface area contributed by atoms with Crippen LogP contribution in [0.4, 0.5) is 0 Å². The highest BCUT2D eigenvalue weighted by atomic mass is 16.7. The Morgan fingerprint density at radius 2 is 1.32 bits per heavy atom. The minimum Gasteiger partial charge on any atom is -0.504 e. The molecule has 0 amide bonds. The van der Waals surface area contributed by atoms with Gasteiger partial charge in [0.15, 0.2) is 29.3 Å². The van der Waals surface area contributed by atoms with Crippen LogP contribution in [0.25, 0.3) is 0 Å². The molecular formula is C26H36O11. The predicted molar refractivity (Wildman–Crippen MR) is 131 cm³/mol. The van der Waals surface area contributed by atoms with Crippen LogP contribution < -0.4 is 9.47 Å². The molecule has 0 bridgehead atoms. The molecule has 1 fully saturated rings. The van der Waals surface area contributed by atoms with Crippen molar-refractivity contribution in [3.05, 3.63) is 47.5 Å². The number of aliphatic hydroxyl groups excluding tert-OH is 5. The minimum absolute atomic E-state index is 0.00881. The molecule has 11 heteroatoms. The normalized spacial score (nSPS) is 25.4. The van der Waals surface area contributed by atoms with E-state index in [-0.39, 0.29) is 42.3 Å². The van der Waals surface area contributed by atoms with Crippen LogP contribution >= 0.6 is 0 Å². The quantitative estimate of drug-likeness (QED) is 0.198. The maximum atomic E-state index is 10.4. The van der Waals surface area contributed by atoms with Gasteiger partial charge in [0, 0.05) is 6.61 Å². The van der Waals surface area contributed by atoms with Gasteiger partial charge >= 0.3 is 0 Å². The fourth-order valence-electron chi connectivity index (χ4n) is 4.47. The van der Waals surface area contributed by atoms with Crippen LogP contribution in [0.2, 0.25) is 0 Å². The van der Waals surface area contributed by atoms with Gasteiger partial charge in [-0.1, -0.05) is 12.1 Å². The van der Waals surface area contributed by atoms with Crippen molar-refractivity contribution >= 4 is 0 Å². The molecule has 206 valence electrons. The van der Waals surface area contributed by atoms with Gasteiger partial charge in [0.25, 0.3) is 0 Å². The Bertz CT molecular complexity index is 998. The van der Waals surface area contributed by atoms with Gasteiger partial charge in [-0.05, 0) is 60.1 Å². The smallest absolute Gasteiger partial charge is 0.186 e. The number of hydrogen-bond donors (Lipinski definition) is 7. The number of phenolic OH excluding ortho intramolecular Hbond substituents is 2. The number of ether oxygens (including phenoxy) is 4. The second-order valence-electron chi connectivity index (χ2n) is 9.15. The predicted octanol–water partition coefficient (Wildman–Crippen LogP) is -0.0586. The molecule has 2 aromatic rings. The molecule has 11 nitrogen and oxygen atoms in total. The van der Waals surface area contributed by atoms with Gasteiger partial charge < -0.3 is 54.7 Å². The van der Waals surface area contributed by atoms with Crippen LogP contribution in [-0.4, -0.2) is 100 Å². The van der Waals surface area contributed by atoms with E-state index < -0.39 is 37.3 Å². The van der Waals surface area contributed by atoms with Gasteiger partial charge in [0.05, 0.1) is 27.4 Å². The van der Waals surface area contributed by atoms with E-state index in [1.54, 1.807) is 24.3 Å². The Morgan fingerprint density at radius 3 is 1.81 bits per heavy atom. The van der Waals surface area contributed by atoms with E-state index in [9.17, 15) is 35.7 Å². The van der Waals surface area contributed by atoms with E-state index in [2.05, 4.69) is 0 Å². The summed E-state index contributed by atoms with van der Waals surface area (Å²) < 4.78 is 21.7. The lowest BCUT2D eigenvalue weighted by Crippen LogP contribution is -2.59. The molecule has 1 aliphatic rings. The Balaban J connectivity index is 1.83. The largest absolute Gasteiger partial charge is 0.504 e. The van der Waals surface area contributed by atoms with Crippen molar-refractivity contribution in [3.8, 4) is 23.0 Å². The molecule has 0 unspecified atom stereocenters. The summed E-state index contributed by atoms with van der Waals surface area (Å²) in [5.74, 6) is -0.160. The Hall–Kier alpha value is -2.64. The summed E-state index contributed by atoms with van der Waals surface area (Å²) in [6, 6.07) is 9.80. The van der Waals surface area contributed by atoms with Gasteiger partial charge in [-0.3, -0.25) is 0 Å². The van der Waals surface area contributed by atoms with Crippen molar-refractivity contribution in [2.24, 2.45) is 11.8 Å². The van der Waals surface area contributed by atoms with Crippen molar-refractivity contribution in [2.45, 2.75) is 43.5 Å². The van der Waals surface area contributed by atoms with E-state index in [4.69, 9.17) is 18.9 Å². The average Bonchev–Trinajstić information content (AvgIpc) is 2.91. The number of hydrogen-bond acceptors (Lipinski definition) is 11. The molecule has 0 aliphatic carbocycles. The summed E-state index contributed by atoms with van der Waals surface area (Å²) in [5.41, 5.74) is 1.59. The first kappa shape index (κ1) is 28.9. The Morgan fingerprint density at radius 1 is 0.784 bits per heavy atom. The third-order valence-electron chi connectivity index (χ3n) is 6.71. The monoisotopic (exact) mass is 524 g/mol.